The number of fused-ring (bicyclic) bond motifs is 2. The van der Waals surface area contributed by atoms with Gasteiger partial charge in [-0.3, -0.25) is 9.59 Å². The minimum absolute atomic E-state index is 0.216. The van der Waals surface area contributed by atoms with Crippen molar-refractivity contribution in [2.24, 2.45) is 0 Å². The second-order valence-corrected chi connectivity index (χ2v) is 10.6. The van der Waals surface area contributed by atoms with E-state index < -0.39 is 34.4 Å². The fourth-order valence-corrected chi connectivity index (χ4v) is 5.70. The molecular weight excluding hydrogens is 572 g/mol. The summed E-state index contributed by atoms with van der Waals surface area (Å²) in [6.45, 7) is 3.71. The summed E-state index contributed by atoms with van der Waals surface area (Å²) in [6.07, 6.45) is 2.58. The van der Waals surface area contributed by atoms with Crippen LogP contribution >= 0.6 is 11.3 Å². The van der Waals surface area contributed by atoms with E-state index in [1.165, 1.54) is 10.8 Å². The van der Waals surface area contributed by atoms with Crippen LogP contribution in [-0.4, -0.2) is 37.2 Å². The molecule has 0 aliphatic carbocycles. The molecule has 0 bridgehead atoms. The molecule has 0 aliphatic rings. The van der Waals surface area contributed by atoms with Crippen LogP contribution in [0.4, 0.5) is 0 Å². The van der Waals surface area contributed by atoms with Crippen molar-refractivity contribution in [1.82, 2.24) is 9.97 Å². The molecular formula is C32H26N2O8S. The highest BCUT2D eigenvalue weighted by Gasteiger charge is 2.22. The summed E-state index contributed by atoms with van der Waals surface area (Å²) >= 11 is 1.66. The number of H-pyrrole nitrogens is 2. The lowest BCUT2D eigenvalue weighted by Gasteiger charge is -2.12. The zero-order valence-corrected chi connectivity index (χ0v) is 23.9. The summed E-state index contributed by atoms with van der Waals surface area (Å²) in [7, 11) is 0. The van der Waals surface area contributed by atoms with Gasteiger partial charge in [-0.2, -0.15) is 0 Å². The van der Waals surface area contributed by atoms with Gasteiger partial charge in [0.05, 0.1) is 17.7 Å². The van der Waals surface area contributed by atoms with Gasteiger partial charge in [0.2, 0.25) is 0 Å². The van der Waals surface area contributed by atoms with Gasteiger partial charge in [0, 0.05) is 15.6 Å². The van der Waals surface area contributed by atoms with Crippen LogP contribution in [0, 0.1) is 0 Å². The van der Waals surface area contributed by atoms with Crippen LogP contribution in [0.3, 0.4) is 0 Å². The molecule has 0 amide bonds. The Kier molecular flexibility index (Phi) is 8.00. The number of pyridine rings is 2. The maximum absolute atomic E-state index is 11.9. The van der Waals surface area contributed by atoms with Gasteiger partial charge in [0.25, 0.3) is 11.1 Å². The Bertz CT molecular complexity index is 2130. The molecule has 2 aromatic carbocycles. The van der Waals surface area contributed by atoms with E-state index in [4.69, 9.17) is 14.6 Å². The highest BCUT2D eigenvalue weighted by molar-refractivity contribution is 7.17. The number of furan rings is 1. The number of aryl methyl sites for hydroxylation is 1. The van der Waals surface area contributed by atoms with Crippen molar-refractivity contribution in [3.63, 3.8) is 0 Å². The molecule has 0 fully saturated rings. The van der Waals surface area contributed by atoms with E-state index >= 15 is 0 Å². The predicted molar refractivity (Wildman–Crippen MR) is 164 cm³/mol. The van der Waals surface area contributed by atoms with E-state index in [1.54, 1.807) is 42.7 Å². The van der Waals surface area contributed by atoms with Crippen LogP contribution in [0.15, 0.2) is 80.2 Å². The smallest absolute Gasteiger partial charge is 0.345 e. The SMILES string of the molecule is CCc1c(-c2ccc3occc3c2)[nH]c(=O)c(C(=O)O)c1O.CCc1cc(C(=O)O)c(=O)[nH]c1-c1ccc2sccc2c1. The van der Waals surface area contributed by atoms with E-state index in [9.17, 15) is 24.3 Å². The van der Waals surface area contributed by atoms with Crippen molar-refractivity contribution < 1.29 is 29.3 Å². The van der Waals surface area contributed by atoms with Gasteiger partial charge in [-0.25, -0.2) is 9.59 Å². The fourth-order valence-electron chi connectivity index (χ4n) is 4.93. The van der Waals surface area contributed by atoms with Gasteiger partial charge >= 0.3 is 11.9 Å². The molecule has 5 N–H and O–H groups in total. The highest BCUT2D eigenvalue weighted by atomic mass is 32.1. The number of benzene rings is 2. The lowest BCUT2D eigenvalue weighted by molar-refractivity contribution is 0.0682. The molecule has 218 valence electrons. The Morgan fingerprint density at radius 3 is 2.21 bits per heavy atom. The third kappa shape index (κ3) is 5.57. The monoisotopic (exact) mass is 598 g/mol. The summed E-state index contributed by atoms with van der Waals surface area (Å²) in [5, 5.41) is 32.2. The van der Waals surface area contributed by atoms with E-state index in [2.05, 4.69) is 9.97 Å². The molecule has 0 saturated heterocycles. The van der Waals surface area contributed by atoms with Gasteiger partial charge in [-0.1, -0.05) is 19.9 Å². The van der Waals surface area contributed by atoms with Crippen molar-refractivity contribution in [2.75, 3.05) is 0 Å². The molecule has 10 nitrogen and oxygen atoms in total. The van der Waals surface area contributed by atoms with Gasteiger partial charge in [0.15, 0.2) is 5.56 Å². The molecule has 43 heavy (non-hydrogen) atoms. The molecule has 6 rings (SSSR count). The maximum atomic E-state index is 11.9. The molecule has 0 aliphatic heterocycles. The molecule has 11 heteroatoms. The van der Waals surface area contributed by atoms with E-state index in [0.29, 0.717) is 40.9 Å². The number of nitrogens with one attached hydrogen (secondary N) is 2. The first-order valence-corrected chi connectivity index (χ1v) is 14.2. The average molecular weight is 599 g/mol. The van der Waals surface area contributed by atoms with Crippen LogP contribution < -0.4 is 11.1 Å². The number of aromatic carboxylic acids is 2. The normalized spacial score (nSPS) is 10.9. The molecule has 0 atom stereocenters. The van der Waals surface area contributed by atoms with Crippen LogP contribution in [0.1, 0.15) is 45.7 Å². The first kappa shape index (κ1) is 29.1. The lowest BCUT2D eigenvalue weighted by Crippen LogP contribution is -2.20. The quantitative estimate of drug-likeness (QED) is 0.149. The number of aromatic amines is 2. The molecule has 6 aromatic rings. The number of aromatic hydroxyl groups is 1. The van der Waals surface area contributed by atoms with Crippen LogP contribution in [0.2, 0.25) is 0 Å². The zero-order chi connectivity index (χ0) is 30.8. The summed E-state index contributed by atoms with van der Waals surface area (Å²) in [5.41, 5.74) is 2.35. The van der Waals surface area contributed by atoms with Crippen molar-refractivity contribution in [3.05, 3.63) is 109 Å². The van der Waals surface area contributed by atoms with Gasteiger partial charge in [-0.15, -0.1) is 11.3 Å². The van der Waals surface area contributed by atoms with E-state index in [0.717, 1.165) is 21.9 Å². The van der Waals surface area contributed by atoms with Gasteiger partial charge in [-0.05, 0) is 88.8 Å². The maximum Gasteiger partial charge on any atom is 0.345 e. The third-order valence-corrected chi connectivity index (χ3v) is 7.97. The van der Waals surface area contributed by atoms with Gasteiger partial charge < -0.3 is 29.7 Å². The summed E-state index contributed by atoms with van der Waals surface area (Å²) in [4.78, 5) is 51.3. The Balaban J connectivity index is 0.000000171. The van der Waals surface area contributed by atoms with Crippen molar-refractivity contribution in [1.29, 1.82) is 0 Å². The predicted octanol–water partition coefficient (Wildman–Crippen LogP) is 6.27. The number of thiophene rings is 1. The van der Waals surface area contributed by atoms with Crippen LogP contribution in [0.25, 0.3) is 43.6 Å². The number of carboxylic acid groups (broad SMARTS) is 2. The second-order valence-electron chi connectivity index (χ2n) is 9.61. The summed E-state index contributed by atoms with van der Waals surface area (Å²) < 4.78 is 6.45. The molecule has 0 radical (unpaired) electrons. The van der Waals surface area contributed by atoms with Crippen LogP contribution in [0.5, 0.6) is 5.75 Å². The number of aromatic nitrogens is 2. The first-order chi connectivity index (χ1) is 20.6. The molecule has 4 aromatic heterocycles. The molecule has 0 unspecified atom stereocenters. The third-order valence-electron chi connectivity index (χ3n) is 7.07. The fraction of sp³-hybridized carbons (Fsp3) is 0.125. The lowest BCUT2D eigenvalue weighted by atomic mass is 10.00. The topological polar surface area (TPSA) is 174 Å². The molecule has 4 heterocycles. The van der Waals surface area contributed by atoms with Crippen LogP contribution in [-0.2, 0) is 12.8 Å². The Hall–Kier alpha value is -5.42. The highest BCUT2D eigenvalue weighted by Crippen LogP contribution is 2.32. The second kappa shape index (κ2) is 11.8. The number of carboxylic acids is 2. The molecule has 0 spiro atoms. The van der Waals surface area contributed by atoms with Crippen molar-refractivity contribution in [3.8, 4) is 28.3 Å². The van der Waals surface area contributed by atoms with E-state index in [-0.39, 0.29) is 5.56 Å². The Morgan fingerprint density at radius 2 is 1.51 bits per heavy atom. The Labute approximate surface area is 247 Å². The number of hydrogen-bond acceptors (Lipinski definition) is 7. The number of carbonyl (C=O) groups is 2. The van der Waals surface area contributed by atoms with Crippen molar-refractivity contribution in [2.45, 2.75) is 26.7 Å². The van der Waals surface area contributed by atoms with Gasteiger partial charge in [0.1, 0.15) is 16.9 Å². The van der Waals surface area contributed by atoms with Crippen molar-refractivity contribution >= 4 is 44.3 Å². The summed E-state index contributed by atoms with van der Waals surface area (Å²) in [6, 6.07) is 16.6. The minimum atomic E-state index is -1.45. The minimum Gasteiger partial charge on any atom is -0.506 e. The molecule has 0 saturated carbocycles. The Morgan fingerprint density at radius 1 is 0.814 bits per heavy atom. The number of hydrogen-bond donors (Lipinski definition) is 5. The average Bonchev–Trinajstić information content (AvgIpc) is 3.65. The first-order valence-electron chi connectivity index (χ1n) is 13.3. The standard InChI is InChI=1S/C16H13NO5.C16H13NO3S/c1-2-10-13(17-15(19)12(14(10)18)16(20)21)9-3-4-11-8(7-9)5-6-22-11;1-2-9-8-12(16(19)20)15(18)17-14(9)11-3-4-13-10(7-11)5-6-21-13/h3-7H,2H2,1H3,(H,20,21)(H2,17,18,19);3-8H,2H2,1H3,(H,17,18)(H,19,20). The largest absolute Gasteiger partial charge is 0.506 e. The zero-order valence-electron chi connectivity index (χ0n) is 23.1. The summed E-state index contributed by atoms with van der Waals surface area (Å²) in [5.74, 6) is -3.14. The number of rotatable bonds is 6. The van der Waals surface area contributed by atoms with E-state index in [1.807, 2.05) is 42.6 Å².